The highest BCUT2D eigenvalue weighted by Gasteiger charge is 2.45. The van der Waals surface area contributed by atoms with Gasteiger partial charge in [-0.1, -0.05) is 24.4 Å². The molecule has 2 nitrogen and oxygen atoms in total. The van der Waals surface area contributed by atoms with Crippen molar-refractivity contribution in [1.82, 2.24) is 4.98 Å². The van der Waals surface area contributed by atoms with E-state index < -0.39 is 0 Å². The molecule has 0 N–H and O–H groups in total. The lowest BCUT2D eigenvalue weighted by Crippen LogP contribution is -2.32. The van der Waals surface area contributed by atoms with Crippen LogP contribution in [0, 0.1) is 23.2 Å². The van der Waals surface area contributed by atoms with Gasteiger partial charge in [0.25, 0.3) is 0 Å². The largest absolute Gasteiger partial charge is 0.263 e. The van der Waals surface area contributed by atoms with Gasteiger partial charge < -0.3 is 0 Å². The van der Waals surface area contributed by atoms with Crippen LogP contribution < -0.4 is 0 Å². The molecule has 88 valence electrons. The molecule has 0 radical (unpaired) electrons. The molecule has 0 spiro atoms. The van der Waals surface area contributed by atoms with Crippen molar-refractivity contribution in [3.05, 3.63) is 29.0 Å². The third kappa shape index (κ3) is 1.83. The number of halogens is 1. The van der Waals surface area contributed by atoms with E-state index in [-0.39, 0.29) is 5.41 Å². The first-order chi connectivity index (χ1) is 8.22. The molecular weight excluding hydrogens is 232 g/mol. The Kier molecular flexibility index (Phi) is 2.60. The molecule has 1 aromatic heterocycles. The molecule has 2 aliphatic rings. The zero-order chi connectivity index (χ0) is 11.9. The molecule has 3 atom stereocenters. The van der Waals surface area contributed by atoms with Crippen LogP contribution in [0.25, 0.3) is 0 Å². The predicted molar refractivity (Wildman–Crippen MR) is 66.6 cm³/mol. The second-order valence-corrected chi connectivity index (χ2v) is 5.98. The Hall–Kier alpha value is -1.07. The highest BCUT2D eigenvalue weighted by Crippen LogP contribution is 2.51. The van der Waals surface area contributed by atoms with Crippen LogP contribution in [0.15, 0.2) is 18.5 Å². The number of hydrogen-bond acceptors (Lipinski definition) is 2. The summed E-state index contributed by atoms with van der Waals surface area (Å²) in [4.78, 5) is 4.14. The highest BCUT2D eigenvalue weighted by molar-refractivity contribution is 6.30. The molecule has 2 fully saturated rings. The number of nitriles is 1. The third-order valence-electron chi connectivity index (χ3n) is 4.40. The van der Waals surface area contributed by atoms with Crippen LogP contribution in [-0.2, 0) is 5.41 Å². The molecule has 2 aliphatic carbocycles. The van der Waals surface area contributed by atoms with Crippen LogP contribution in [0.3, 0.4) is 0 Å². The minimum atomic E-state index is -0.331. The molecule has 1 aromatic rings. The molecule has 17 heavy (non-hydrogen) atoms. The SMILES string of the molecule is N#CC1(c2cncc(Cl)c2)C[C@@H]2CC[C@@H](C2)C1. The molecule has 3 rings (SSSR count). The minimum absolute atomic E-state index is 0.331. The highest BCUT2D eigenvalue weighted by atomic mass is 35.5. The minimum Gasteiger partial charge on any atom is -0.263 e. The lowest BCUT2D eigenvalue weighted by Gasteiger charge is -2.35. The van der Waals surface area contributed by atoms with Crippen LogP contribution in [0.2, 0.25) is 5.02 Å². The first-order valence-corrected chi connectivity index (χ1v) is 6.62. The number of hydrogen-bond donors (Lipinski definition) is 0. The molecule has 0 saturated heterocycles. The van der Waals surface area contributed by atoms with Crippen molar-refractivity contribution >= 4 is 11.6 Å². The van der Waals surface area contributed by atoms with Gasteiger partial charge in [-0.25, -0.2) is 0 Å². The van der Waals surface area contributed by atoms with Gasteiger partial charge in [0.2, 0.25) is 0 Å². The van der Waals surface area contributed by atoms with E-state index in [9.17, 15) is 5.26 Å². The molecular formula is C14H15ClN2. The summed E-state index contributed by atoms with van der Waals surface area (Å²) in [6.07, 6.45) is 9.33. The number of pyridine rings is 1. The average Bonchev–Trinajstić information content (AvgIpc) is 2.69. The van der Waals surface area contributed by atoms with E-state index in [4.69, 9.17) is 11.6 Å². The first-order valence-electron chi connectivity index (χ1n) is 6.24. The lowest BCUT2D eigenvalue weighted by molar-refractivity contribution is 0.264. The van der Waals surface area contributed by atoms with E-state index in [0.717, 1.165) is 30.2 Å². The van der Waals surface area contributed by atoms with Gasteiger partial charge in [-0.3, -0.25) is 4.98 Å². The fraction of sp³-hybridized carbons (Fsp3) is 0.571. The Balaban J connectivity index is 2.00. The summed E-state index contributed by atoms with van der Waals surface area (Å²) in [5.41, 5.74) is 0.686. The van der Waals surface area contributed by atoms with Gasteiger partial charge in [-0.2, -0.15) is 5.26 Å². The van der Waals surface area contributed by atoms with Gasteiger partial charge in [-0.15, -0.1) is 0 Å². The second kappa shape index (κ2) is 3.99. The standard InChI is InChI=1S/C14H15ClN2/c15-13-4-12(7-17-8-13)14(9-16)5-10-1-2-11(3-10)6-14/h4,7-8,10-11H,1-3,5-6H2/t10-,11+,14?. The Morgan fingerprint density at radius 2 is 2.00 bits per heavy atom. The molecule has 0 amide bonds. The second-order valence-electron chi connectivity index (χ2n) is 5.54. The van der Waals surface area contributed by atoms with Crippen molar-refractivity contribution < 1.29 is 0 Å². The molecule has 2 bridgehead atoms. The molecule has 3 heteroatoms. The van der Waals surface area contributed by atoms with Gasteiger partial charge in [0.15, 0.2) is 0 Å². The van der Waals surface area contributed by atoms with E-state index >= 15 is 0 Å². The van der Waals surface area contributed by atoms with Crippen LogP contribution >= 0.6 is 11.6 Å². The van der Waals surface area contributed by atoms with E-state index in [2.05, 4.69) is 11.1 Å². The normalized spacial score (nSPS) is 35.5. The van der Waals surface area contributed by atoms with E-state index in [0.29, 0.717) is 5.02 Å². The van der Waals surface area contributed by atoms with Gasteiger partial charge in [0, 0.05) is 12.4 Å². The van der Waals surface area contributed by atoms with Gasteiger partial charge in [0.05, 0.1) is 16.5 Å². The summed E-state index contributed by atoms with van der Waals surface area (Å²) >= 11 is 6.00. The first kappa shape index (κ1) is 11.0. The molecule has 1 heterocycles. The fourth-order valence-electron chi connectivity index (χ4n) is 3.68. The summed E-state index contributed by atoms with van der Waals surface area (Å²) in [5, 5.41) is 10.3. The zero-order valence-electron chi connectivity index (χ0n) is 9.69. The molecule has 1 unspecified atom stereocenters. The average molecular weight is 247 g/mol. The number of rotatable bonds is 1. The maximum absolute atomic E-state index is 9.63. The van der Waals surface area contributed by atoms with Crippen molar-refractivity contribution in [2.75, 3.05) is 0 Å². The Morgan fingerprint density at radius 3 is 2.59 bits per heavy atom. The Labute approximate surface area is 107 Å². The van der Waals surface area contributed by atoms with E-state index in [1.807, 2.05) is 12.3 Å². The van der Waals surface area contributed by atoms with Crippen LogP contribution in [0.1, 0.15) is 37.7 Å². The molecule has 0 aliphatic heterocycles. The smallest absolute Gasteiger partial charge is 0.0843 e. The van der Waals surface area contributed by atoms with Crippen molar-refractivity contribution in [2.45, 2.75) is 37.5 Å². The summed E-state index contributed by atoms with van der Waals surface area (Å²) in [6.45, 7) is 0. The predicted octanol–water partition coefficient (Wildman–Crippen LogP) is 3.71. The van der Waals surface area contributed by atoms with Gasteiger partial charge >= 0.3 is 0 Å². The van der Waals surface area contributed by atoms with E-state index in [1.54, 1.807) is 6.20 Å². The molecule has 0 aromatic carbocycles. The summed E-state index contributed by atoms with van der Waals surface area (Å²) in [7, 11) is 0. The summed E-state index contributed by atoms with van der Waals surface area (Å²) in [6, 6.07) is 4.48. The Morgan fingerprint density at radius 1 is 1.29 bits per heavy atom. The zero-order valence-corrected chi connectivity index (χ0v) is 10.5. The van der Waals surface area contributed by atoms with E-state index in [1.165, 1.54) is 19.3 Å². The topological polar surface area (TPSA) is 36.7 Å². The van der Waals surface area contributed by atoms with Crippen LogP contribution in [0.4, 0.5) is 0 Å². The Bertz CT molecular complexity index is 465. The number of fused-ring (bicyclic) bond motifs is 2. The van der Waals surface area contributed by atoms with Crippen molar-refractivity contribution in [3.63, 3.8) is 0 Å². The van der Waals surface area contributed by atoms with Crippen LogP contribution in [0.5, 0.6) is 0 Å². The summed E-state index contributed by atoms with van der Waals surface area (Å²) < 4.78 is 0. The maximum Gasteiger partial charge on any atom is 0.0843 e. The quantitative estimate of drug-likeness (QED) is 0.758. The third-order valence-corrected chi connectivity index (χ3v) is 4.60. The van der Waals surface area contributed by atoms with Crippen molar-refractivity contribution in [3.8, 4) is 6.07 Å². The molecule has 2 saturated carbocycles. The lowest BCUT2D eigenvalue weighted by atomic mass is 9.66. The monoisotopic (exact) mass is 246 g/mol. The summed E-state index contributed by atoms with van der Waals surface area (Å²) in [5.74, 6) is 1.46. The fourth-order valence-corrected chi connectivity index (χ4v) is 3.86. The number of nitrogens with zero attached hydrogens (tertiary/aromatic N) is 2. The van der Waals surface area contributed by atoms with Gasteiger partial charge in [0.1, 0.15) is 0 Å². The number of aromatic nitrogens is 1. The maximum atomic E-state index is 9.63. The van der Waals surface area contributed by atoms with Crippen molar-refractivity contribution in [1.29, 1.82) is 5.26 Å². The van der Waals surface area contributed by atoms with Gasteiger partial charge in [-0.05, 0) is 42.7 Å². The van der Waals surface area contributed by atoms with Crippen molar-refractivity contribution in [2.24, 2.45) is 11.8 Å². The van der Waals surface area contributed by atoms with Crippen LogP contribution in [-0.4, -0.2) is 4.98 Å².